The molecule has 2 N–H and O–H groups in total. The third kappa shape index (κ3) is 3.71. The summed E-state index contributed by atoms with van der Waals surface area (Å²) in [6.45, 7) is 0.853. The van der Waals surface area contributed by atoms with E-state index in [9.17, 15) is 32.3 Å². The zero-order chi connectivity index (χ0) is 19.7. The van der Waals surface area contributed by atoms with Crippen molar-refractivity contribution in [1.82, 2.24) is 10.3 Å². The quantitative estimate of drug-likeness (QED) is 0.771. The summed E-state index contributed by atoms with van der Waals surface area (Å²) in [5.41, 5.74) is -2.80. The van der Waals surface area contributed by atoms with Crippen molar-refractivity contribution in [2.45, 2.75) is 31.2 Å². The minimum atomic E-state index is -5.30. The summed E-state index contributed by atoms with van der Waals surface area (Å²) in [4.78, 5) is 26.9. The number of alkyl halides is 3. The lowest BCUT2D eigenvalue weighted by atomic mass is 9.74. The van der Waals surface area contributed by atoms with Crippen molar-refractivity contribution < 1.29 is 41.7 Å². The number of hydrogen-bond donors (Lipinski definition) is 2. The second kappa shape index (κ2) is 7.06. The van der Waals surface area contributed by atoms with E-state index in [2.05, 4.69) is 4.98 Å². The standard InChI is InChI=1S/C15H16F4N2O5/c1-7-3-9(12(22)23)14(6-26-7,21-13(24)15(17,18)19)8-4-11(25-2)20-5-10(8)16/h4-5,7,9H,3,6H2,1-2H3,(H,21,24)(H,22,23)/t7-,9-,14+/m0/s1. The Kier molecular flexibility index (Phi) is 5.40. The third-order valence-electron chi connectivity index (χ3n) is 4.17. The molecule has 2 heterocycles. The number of nitrogens with one attached hydrogen (secondary N) is 1. The molecule has 1 fully saturated rings. The van der Waals surface area contributed by atoms with E-state index in [0.29, 0.717) is 6.20 Å². The maximum Gasteiger partial charge on any atom is 0.471 e. The normalized spacial score (nSPS) is 26.2. The molecule has 1 aliphatic rings. The van der Waals surface area contributed by atoms with Crippen LogP contribution in [-0.4, -0.2) is 48.0 Å². The summed E-state index contributed by atoms with van der Waals surface area (Å²) in [6, 6.07) is 0.946. The lowest BCUT2D eigenvalue weighted by molar-refractivity contribution is -0.182. The monoisotopic (exact) mass is 380 g/mol. The van der Waals surface area contributed by atoms with Gasteiger partial charge in [-0.1, -0.05) is 0 Å². The Labute approximate surface area is 145 Å². The van der Waals surface area contributed by atoms with E-state index in [4.69, 9.17) is 9.47 Å². The van der Waals surface area contributed by atoms with E-state index in [1.807, 2.05) is 0 Å². The molecule has 11 heteroatoms. The van der Waals surface area contributed by atoms with Crippen LogP contribution in [0.1, 0.15) is 18.9 Å². The molecule has 1 amide bonds. The molecule has 7 nitrogen and oxygen atoms in total. The van der Waals surface area contributed by atoms with Crippen LogP contribution in [-0.2, 0) is 19.9 Å². The predicted octanol–water partition coefficient (Wildman–Crippen LogP) is 1.61. The first-order valence-electron chi connectivity index (χ1n) is 7.45. The second-order valence-corrected chi connectivity index (χ2v) is 5.88. The predicted molar refractivity (Wildman–Crippen MR) is 77.8 cm³/mol. The molecule has 1 aromatic rings. The van der Waals surface area contributed by atoms with Crippen molar-refractivity contribution in [1.29, 1.82) is 0 Å². The molecular formula is C15H16F4N2O5. The Balaban J connectivity index is 2.65. The number of pyridine rings is 1. The van der Waals surface area contributed by atoms with Gasteiger partial charge in [0.1, 0.15) is 11.4 Å². The van der Waals surface area contributed by atoms with Gasteiger partial charge in [-0.05, 0) is 13.3 Å². The minimum absolute atomic E-state index is 0.162. The fourth-order valence-corrected chi connectivity index (χ4v) is 2.89. The summed E-state index contributed by atoms with van der Waals surface area (Å²) in [6.07, 6.45) is -5.48. The summed E-state index contributed by atoms with van der Waals surface area (Å²) < 4.78 is 63.0. The average molecular weight is 380 g/mol. The summed E-state index contributed by atoms with van der Waals surface area (Å²) >= 11 is 0. The maximum atomic E-state index is 14.4. The maximum absolute atomic E-state index is 14.4. The van der Waals surface area contributed by atoms with E-state index in [1.165, 1.54) is 14.0 Å². The van der Waals surface area contributed by atoms with E-state index < -0.39 is 53.6 Å². The van der Waals surface area contributed by atoms with Crippen LogP contribution in [0, 0.1) is 11.7 Å². The fraction of sp³-hybridized carbons (Fsp3) is 0.533. The molecule has 0 aromatic carbocycles. The van der Waals surface area contributed by atoms with Crippen molar-refractivity contribution in [2.75, 3.05) is 13.7 Å². The molecule has 3 atom stereocenters. The number of methoxy groups -OCH3 is 1. The van der Waals surface area contributed by atoms with Crippen LogP contribution < -0.4 is 10.1 Å². The topological polar surface area (TPSA) is 97.8 Å². The second-order valence-electron chi connectivity index (χ2n) is 5.88. The van der Waals surface area contributed by atoms with Gasteiger partial charge in [-0.3, -0.25) is 9.59 Å². The summed E-state index contributed by atoms with van der Waals surface area (Å²) in [5.74, 6) is -6.74. The van der Waals surface area contributed by atoms with E-state index in [-0.39, 0.29) is 12.3 Å². The molecule has 26 heavy (non-hydrogen) atoms. The summed E-state index contributed by atoms with van der Waals surface area (Å²) in [7, 11) is 1.19. The van der Waals surface area contributed by atoms with Gasteiger partial charge in [0.05, 0.1) is 31.9 Å². The highest BCUT2D eigenvalue weighted by atomic mass is 19.4. The zero-order valence-electron chi connectivity index (χ0n) is 13.8. The first-order chi connectivity index (χ1) is 12.0. The van der Waals surface area contributed by atoms with Gasteiger partial charge in [-0.25, -0.2) is 9.37 Å². The number of ether oxygens (including phenoxy) is 2. The van der Waals surface area contributed by atoms with Crippen LogP contribution in [0.2, 0.25) is 0 Å². The van der Waals surface area contributed by atoms with Crippen molar-refractivity contribution in [3.63, 3.8) is 0 Å². The van der Waals surface area contributed by atoms with Crippen molar-refractivity contribution >= 4 is 11.9 Å². The van der Waals surface area contributed by atoms with Gasteiger partial charge >= 0.3 is 18.1 Å². The van der Waals surface area contributed by atoms with Gasteiger partial charge < -0.3 is 19.9 Å². The molecule has 0 aliphatic carbocycles. The number of rotatable bonds is 4. The number of carbonyl (C=O) groups is 2. The molecule has 0 bridgehead atoms. The van der Waals surface area contributed by atoms with Crippen LogP contribution >= 0.6 is 0 Å². The highest BCUT2D eigenvalue weighted by Crippen LogP contribution is 2.40. The number of aromatic nitrogens is 1. The van der Waals surface area contributed by atoms with Gasteiger partial charge in [0.2, 0.25) is 5.88 Å². The molecule has 144 valence electrons. The minimum Gasteiger partial charge on any atom is -0.481 e. The molecule has 1 saturated heterocycles. The number of halogens is 4. The van der Waals surface area contributed by atoms with Crippen LogP contribution in [0.15, 0.2) is 12.3 Å². The third-order valence-corrected chi connectivity index (χ3v) is 4.17. The Bertz CT molecular complexity index is 712. The molecule has 0 spiro atoms. The lowest BCUT2D eigenvalue weighted by Crippen LogP contribution is -2.62. The van der Waals surface area contributed by atoms with Gasteiger partial charge in [-0.2, -0.15) is 13.2 Å². The highest BCUT2D eigenvalue weighted by molar-refractivity contribution is 5.84. The molecule has 0 saturated carbocycles. The number of carboxylic acid groups (broad SMARTS) is 1. The number of carbonyl (C=O) groups excluding carboxylic acids is 1. The Hall–Kier alpha value is -2.43. The Morgan fingerprint density at radius 2 is 2.12 bits per heavy atom. The first kappa shape index (κ1) is 19.9. The lowest BCUT2D eigenvalue weighted by Gasteiger charge is -2.44. The SMILES string of the molecule is COc1cc([C@]2(NC(=O)C(F)(F)F)CO[C@@H](C)C[C@H]2C(=O)O)c(F)cn1. The Morgan fingerprint density at radius 3 is 2.65 bits per heavy atom. The van der Waals surface area contributed by atoms with Crippen molar-refractivity contribution in [3.05, 3.63) is 23.6 Å². The van der Waals surface area contributed by atoms with Gasteiger partial charge in [0, 0.05) is 11.6 Å². The smallest absolute Gasteiger partial charge is 0.471 e. The van der Waals surface area contributed by atoms with E-state index >= 15 is 0 Å². The molecule has 0 radical (unpaired) electrons. The number of carboxylic acids is 1. The highest BCUT2D eigenvalue weighted by Gasteiger charge is 2.54. The van der Waals surface area contributed by atoms with Gasteiger partial charge in [0.25, 0.3) is 0 Å². The number of amides is 1. The summed E-state index contributed by atoms with van der Waals surface area (Å²) in [5, 5.41) is 11.2. The number of aliphatic carboxylic acids is 1. The van der Waals surface area contributed by atoms with Crippen LogP contribution in [0.5, 0.6) is 5.88 Å². The molecular weight excluding hydrogens is 364 g/mol. The van der Waals surface area contributed by atoms with Gasteiger partial charge in [-0.15, -0.1) is 0 Å². The Morgan fingerprint density at radius 1 is 1.46 bits per heavy atom. The van der Waals surface area contributed by atoms with E-state index in [0.717, 1.165) is 6.07 Å². The molecule has 1 aromatic heterocycles. The fourth-order valence-electron chi connectivity index (χ4n) is 2.89. The van der Waals surface area contributed by atoms with Crippen LogP contribution in [0.3, 0.4) is 0 Å². The molecule has 1 aliphatic heterocycles. The first-order valence-corrected chi connectivity index (χ1v) is 7.45. The van der Waals surface area contributed by atoms with Crippen LogP contribution in [0.4, 0.5) is 17.6 Å². The molecule has 0 unspecified atom stereocenters. The van der Waals surface area contributed by atoms with Gasteiger partial charge in [0.15, 0.2) is 0 Å². The number of hydrogen-bond acceptors (Lipinski definition) is 5. The zero-order valence-corrected chi connectivity index (χ0v) is 13.8. The van der Waals surface area contributed by atoms with Crippen molar-refractivity contribution in [2.24, 2.45) is 5.92 Å². The van der Waals surface area contributed by atoms with Crippen molar-refractivity contribution in [3.8, 4) is 5.88 Å². The largest absolute Gasteiger partial charge is 0.481 e. The molecule has 2 rings (SSSR count). The van der Waals surface area contributed by atoms with E-state index in [1.54, 1.807) is 5.32 Å². The van der Waals surface area contributed by atoms with Crippen LogP contribution in [0.25, 0.3) is 0 Å². The number of nitrogens with zero attached hydrogens (tertiary/aromatic N) is 1. The average Bonchev–Trinajstić information content (AvgIpc) is 2.56.